The predicted octanol–water partition coefficient (Wildman–Crippen LogP) is 3.70. The Hall–Kier alpha value is -1.40. The quantitative estimate of drug-likeness (QED) is 0.831. The molecule has 0 spiro atoms. The molecule has 2 aromatic rings. The van der Waals surface area contributed by atoms with E-state index in [1.54, 1.807) is 6.20 Å². The fourth-order valence-electron chi connectivity index (χ4n) is 3.40. The van der Waals surface area contributed by atoms with Crippen LogP contribution in [0, 0.1) is 5.92 Å². The molecule has 2 aromatic heterocycles. The maximum Gasteiger partial charge on any atom is 0.224 e. The molecular weight excluding hydrogens is 358 g/mol. The maximum atomic E-state index is 12.4. The summed E-state index contributed by atoms with van der Waals surface area (Å²) < 4.78 is 2.77. The summed E-state index contributed by atoms with van der Waals surface area (Å²) in [5.41, 5.74) is 1.52. The van der Waals surface area contributed by atoms with Gasteiger partial charge in [-0.3, -0.25) is 4.79 Å². The van der Waals surface area contributed by atoms with Crippen molar-refractivity contribution in [1.29, 1.82) is 0 Å². The Kier molecular flexibility index (Phi) is 5.33. The number of aliphatic hydroxyl groups excluding tert-OH is 1. The van der Waals surface area contributed by atoms with Gasteiger partial charge in [-0.15, -0.1) is 0 Å². The van der Waals surface area contributed by atoms with Gasteiger partial charge in [-0.1, -0.05) is 19.3 Å². The molecule has 23 heavy (non-hydrogen) atoms. The topological polar surface area (TPSA) is 67.2 Å². The lowest BCUT2D eigenvalue weighted by Gasteiger charge is -2.20. The highest BCUT2D eigenvalue weighted by Gasteiger charge is 2.19. The van der Waals surface area contributed by atoms with Crippen molar-refractivity contribution in [3.63, 3.8) is 0 Å². The van der Waals surface area contributed by atoms with Crippen LogP contribution in [0.1, 0.15) is 38.5 Å². The molecule has 0 radical (unpaired) electrons. The van der Waals surface area contributed by atoms with Gasteiger partial charge in [0.2, 0.25) is 5.91 Å². The SMILES string of the molecule is O=C(CC1CCCCC1)Nc1cn(CCO)c2nccc(Br)c12. The molecule has 0 aliphatic heterocycles. The molecule has 1 fully saturated rings. The summed E-state index contributed by atoms with van der Waals surface area (Å²) in [6.07, 6.45) is 10.3. The number of fused-ring (bicyclic) bond motifs is 1. The standard InChI is InChI=1S/C17H22BrN3O2/c18-13-6-7-19-17-16(13)14(11-21(17)8-9-22)20-15(23)10-12-4-2-1-3-5-12/h6-7,11-12,22H,1-5,8-10H2,(H,20,23). The predicted molar refractivity (Wildman–Crippen MR) is 94.3 cm³/mol. The van der Waals surface area contributed by atoms with Crippen molar-refractivity contribution in [3.8, 4) is 0 Å². The molecule has 0 atom stereocenters. The lowest BCUT2D eigenvalue weighted by Crippen LogP contribution is -2.18. The van der Waals surface area contributed by atoms with Crippen LogP contribution in [0.5, 0.6) is 0 Å². The van der Waals surface area contributed by atoms with Crippen LogP contribution in [0.15, 0.2) is 22.9 Å². The second-order valence-corrected chi connectivity index (χ2v) is 7.06. The molecule has 1 aliphatic rings. The lowest BCUT2D eigenvalue weighted by molar-refractivity contribution is -0.117. The van der Waals surface area contributed by atoms with E-state index in [1.165, 1.54) is 19.3 Å². The lowest BCUT2D eigenvalue weighted by atomic mass is 9.87. The van der Waals surface area contributed by atoms with Crippen LogP contribution in [0.2, 0.25) is 0 Å². The third kappa shape index (κ3) is 3.75. The first-order valence-corrected chi connectivity index (χ1v) is 9.02. The van der Waals surface area contributed by atoms with Crippen molar-refractivity contribution in [1.82, 2.24) is 9.55 Å². The van der Waals surface area contributed by atoms with Crippen molar-refractivity contribution in [2.45, 2.75) is 45.1 Å². The minimum Gasteiger partial charge on any atom is -0.395 e. The number of carbonyl (C=O) groups excluding carboxylic acids is 1. The van der Waals surface area contributed by atoms with Crippen LogP contribution < -0.4 is 5.32 Å². The zero-order valence-electron chi connectivity index (χ0n) is 13.1. The highest BCUT2D eigenvalue weighted by atomic mass is 79.9. The van der Waals surface area contributed by atoms with Crippen molar-refractivity contribution in [3.05, 3.63) is 22.9 Å². The van der Waals surface area contributed by atoms with E-state index >= 15 is 0 Å². The van der Waals surface area contributed by atoms with Crippen molar-refractivity contribution >= 4 is 38.6 Å². The number of nitrogens with one attached hydrogen (secondary N) is 1. The van der Waals surface area contributed by atoms with E-state index in [9.17, 15) is 9.90 Å². The zero-order chi connectivity index (χ0) is 16.2. The fraction of sp³-hybridized carbons (Fsp3) is 0.529. The van der Waals surface area contributed by atoms with Gasteiger partial charge in [-0.2, -0.15) is 0 Å². The van der Waals surface area contributed by atoms with Gasteiger partial charge in [0.25, 0.3) is 0 Å². The summed E-state index contributed by atoms with van der Waals surface area (Å²) >= 11 is 3.53. The molecule has 3 rings (SSSR count). The Bertz CT molecular complexity index is 692. The molecular formula is C17H22BrN3O2. The molecule has 0 aromatic carbocycles. The average molecular weight is 380 g/mol. The number of aliphatic hydroxyl groups is 1. The van der Waals surface area contributed by atoms with Crippen molar-refractivity contribution < 1.29 is 9.90 Å². The first-order chi connectivity index (χ1) is 11.2. The number of rotatable bonds is 5. The molecule has 5 nitrogen and oxygen atoms in total. The number of carbonyl (C=O) groups is 1. The Morgan fingerprint density at radius 3 is 2.91 bits per heavy atom. The van der Waals surface area contributed by atoms with Crippen LogP contribution in [-0.4, -0.2) is 27.2 Å². The van der Waals surface area contributed by atoms with E-state index in [4.69, 9.17) is 0 Å². The van der Waals surface area contributed by atoms with Gasteiger partial charge in [-0.25, -0.2) is 4.98 Å². The first kappa shape index (κ1) is 16.5. The molecule has 2 heterocycles. The monoisotopic (exact) mass is 379 g/mol. The van der Waals surface area contributed by atoms with Crippen LogP contribution in [-0.2, 0) is 11.3 Å². The highest BCUT2D eigenvalue weighted by Crippen LogP contribution is 2.32. The summed E-state index contributed by atoms with van der Waals surface area (Å²) in [5, 5.41) is 13.1. The molecule has 0 unspecified atom stereocenters. The first-order valence-electron chi connectivity index (χ1n) is 8.23. The van der Waals surface area contributed by atoms with E-state index in [-0.39, 0.29) is 12.5 Å². The summed E-state index contributed by atoms with van der Waals surface area (Å²) in [6, 6.07) is 1.86. The Morgan fingerprint density at radius 1 is 1.39 bits per heavy atom. The summed E-state index contributed by atoms with van der Waals surface area (Å²) in [4.78, 5) is 16.8. The van der Waals surface area contributed by atoms with Crippen LogP contribution >= 0.6 is 15.9 Å². The van der Waals surface area contributed by atoms with Gasteiger partial charge in [0, 0.05) is 29.8 Å². The molecule has 2 N–H and O–H groups in total. The van der Waals surface area contributed by atoms with Gasteiger partial charge in [0.05, 0.1) is 17.7 Å². The second-order valence-electron chi connectivity index (χ2n) is 6.21. The maximum absolute atomic E-state index is 12.4. The second kappa shape index (κ2) is 7.45. The number of amides is 1. The number of hydrogen-bond donors (Lipinski definition) is 2. The van der Waals surface area contributed by atoms with Crippen LogP contribution in [0.3, 0.4) is 0 Å². The van der Waals surface area contributed by atoms with E-state index < -0.39 is 0 Å². The molecule has 0 bridgehead atoms. The third-order valence-electron chi connectivity index (χ3n) is 4.52. The summed E-state index contributed by atoms with van der Waals surface area (Å²) in [6.45, 7) is 0.492. The van der Waals surface area contributed by atoms with Gasteiger partial charge >= 0.3 is 0 Å². The number of hydrogen-bond acceptors (Lipinski definition) is 3. The minimum absolute atomic E-state index is 0.0352. The third-order valence-corrected chi connectivity index (χ3v) is 5.18. The van der Waals surface area contributed by atoms with E-state index in [0.717, 1.165) is 34.0 Å². The van der Waals surface area contributed by atoms with Crippen molar-refractivity contribution in [2.75, 3.05) is 11.9 Å². The number of aromatic nitrogens is 2. The zero-order valence-corrected chi connectivity index (χ0v) is 14.7. The molecule has 1 saturated carbocycles. The molecule has 6 heteroatoms. The molecule has 0 saturated heterocycles. The molecule has 1 amide bonds. The average Bonchev–Trinajstić information content (AvgIpc) is 2.88. The number of anilines is 1. The van der Waals surface area contributed by atoms with E-state index in [2.05, 4.69) is 26.2 Å². The van der Waals surface area contributed by atoms with E-state index in [0.29, 0.717) is 18.9 Å². The van der Waals surface area contributed by atoms with Crippen LogP contribution in [0.25, 0.3) is 11.0 Å². The minimum atomic E-state index is 0.0352. The van der Waals surface area contributed by atoms with Gasteiger partial charge in [0.1, 0.15) is 5.65 Å². The number of halogens is 1. The smallest absolute Gasteiger partial charge is 0.224 e. The number of pyridine rings is 1. The fourth-order valence-corrected chi connectivity index (χ4v) is 3.91. The molecule has 1 aliphatic carbocycles. The Labute approximate surface area is 144 Å². The normalized spacial score (nSPS) is 15.9. The van der Waals surface area contributed by atoms with Crippen molar-refractivity contribution in [2.24, 2.45) is 5.92 Å². The highest BCUT2D eigenvalue weighted by molar-refractivity contribution is 9.10. The van der Waals surface area contributed by atoms with E-state index in [1.807, 2.05) is 16.8 Å². The number of nitrogens with zero attached hydrogens (tertiary/aromatic N) is 2. The van der Waals surface area contributed by atoms with Gasteiger partial charge < -0.3 is 15.0 Å². The summed E-state index contributed by atoms with van der Waals surface area (Å²) in [5.74, 6) is 0.576. The van der Waals surface area contributed by atoms with Gasteiger partial charge in [-0.05, 0) is 40.8 Å². The molecule has 124 valence electrons. The largest absolute Gasteiger partial charge is 0.395 e. The van der Waals surface area contributed by atoms with Crippen LogP contribution in [0.4, 0.5) is 5.69 Å². The summed E-state index contributed by atoms with van der Waals surface area (Å²) in [7, 11) is 0. The Morgan fingerprint density at radius 2 is 2.17 bits per heavy atom. The Balaban J connectivity index is 1.80. The van der Waals surface area contributed by atoms with Gasteiger partial charge in [0.15, 0.2) is 0 Å².